The van der Waals surface area contributed by atoms with Gasteiger partial charge in [-0.05, 0) is 43.9 Å². The van der Waals surface area contributed by atoms with E-state index >= 15 is 0 Å². The van der Waals surface area contributed by atoms with Gasteiger partial charge >= 0.3 is 5.97 Å². The number of aliphatic hydroxyl groups excluding tert-OH is 1. The molecule has 0 bridgehead atoms. The lowest BCUT2D eigenvalue weighted by molar-refractivity contribution is -0.122. The van der Waals surface area contributed by atoms with E-state index in [0.29, 0.717) is 16.9 Å². The molecule has 1 atom stereocenters. The molecule has 1 aromatic carbocycles. The molecule has 7 heteroatoms. The van der Waals surface area contributed by atoms with E-state index in [-0.39, 0.29) is 12.1 Å². The first-order valence-corrected chi connectivity index (χ1v) is 7.86. The number of ether oxygens (including phenoxy) is 1. The summed E-state index contributed by atoms with van der Waals surface area (Å²) in [6.45, 7) is -0.501. The third-order valence-electron chi connectivity index (χ3n) is 4.44. The normalized spacial score (nSPS) is 23.5. The fraction of sp³-hybridized carbons (Fsp3) is 0.500. The molecular weight excluding hydrogens is 298 g/mol. The molecule has 1 amide bonds. The van der Waals surface area contributed by atoms with Crippen molar-refractivity contribution in [1.82, 2.24) is 0 Å². The van der Waals surface area contributed by atoms with Crippen LogP contribution in [-0.2, 0) is 9.53 Å². The summed E-state index contributed by atoms with van der Waals surface area (Å²) in [6.07, 6.45) is 5.17. The van der Waals surface area contributed by atoms with E-state index in [0.717, 1.165) is 25.7 Å². The van der Waals surface area contributed by atoms with Crippen LogP contribution in [0.3, 0.4) is 0 Å². The molecular formula is C16H21N3O4. The fourth-order valence-corrected chi connectivity index (χ4v) is 3.06. The second kappa shape index (κ2) is 6.08. The first-order chi connectivity index (χ1) is 11.0. The molecule has 124 valence electrons. The summed E-state index contributed by atoms with van der Waals surface area (Å²) < 4.78 is 5.53. The minimum Gasteiger partial charge on any atom is -0.459 e. The highest BCUT2D eigenvalue weighted by Crippen LogP contribution is 2.35. The summed E-state index contributed by atoms with van der Waals surface area (Å²) in [5, 5.41) is 15.1. The number of fused-ring (bicyclic) bond motifs is 1. The Hall–Kier alpha value is -2.28. The minimum atomic E-state index is -1.44. The maximum atomic E-state index is 12.3. The maximum absolute atomic E-state index is 12.3. The molecule has 1 fully saturated rings. The van der Waals surface area contributed by atoms with Gasteiger partial charge in [0.05, 0.1) is 23.5 Å². The first-order valence-electron chi connectivity index (χ1n) is 7.86. The largest absolute Gasteiger partial charge is 0.459 e. The van der Waals surface area contributed by atoms with E-state index in [1.807, 2.05) is 0 Å². The van der Waals surface area contributed by atoms with Crippen molar-refractivity contribution < 1.29 is 19.4 Å². The molecule has 23 heavy (non-hydrogen) atoms. The average molecular weight is 319 g/mol. The number of esters is 1. The first kappa shape index (κ1) is 15.6. The number of carbonyl (C=O) groups is 2. The van der Waals surface area contributed by atoms with Crippen molar-refractivity contribution in [3.63, 3.8) is 0 Å². The summed E-state index contributed by atoms with van der Waals surface area (Å²) in [4.78, 5) is 23.8. The van der Waals surface area contributed by atoms with Crippen LogP contribution < -0.4 is 16.4 Å². The number of rotatable bonds is 4. The zero-order valence-corrected chi connectivity index (χ0v) is 12.8. The van der Waals surface area contributed by atoms with Crippen molar-refractivity contribution in [3.8, 4) is 0 Å². The number of carbonyl (C=O) groups excluding carboxylic acids is 2. The summed E-state index contributed by atoms with van der Waals surface area (Å²) >= 11 is 0. The van der Waals surface area contributed by atoms with Gasteiger partial charge in [-0.1, -0.05) is 6.42 Å². The molecule has 0 spiro atoms. The smallest absolute Gasteiger partial charge is 0.338 e. The van der Waals surface area contributed by atoms with Crippen LogP contribution >= 0.6 is 0 Å². The lowest BCUT2D eigenvalue weighted by atomic mass is 9.98. The van der Waals surface area contributed by atoms with Gasteiger partial charge in [0.15, 0.2) is 0 Å². The Morgan fingerprint density at radius 1 is 1.22 bits per heavy atom. The number of amides is 1. The Balaban J connectivity index is 1.74. The Bertz CT molecular complexity index is 628. The van der Waals surface area contributed by atoms with Crippen LogP contribution in [0.2, 0.25) is 0 Å². The van der Waals surface area contributed by atoms with Crippen LogP contribution in [0, 0.1) is 0 Å². The van der Waals surface area contributed by atoms with Gasteiger partial charge in [0, 0.05) is 0 Å². The standard InChI is InChI=1S/C16H21N3O4/c17-15(22)16(9-20)18-12-7-6-10(8-13(12)19-16)14(21)23-11-4-2-1-3-5-11/h6-8,11,18-20H,1-5,9H2,(H2,17,22). The van der Waals surface area contributed by atoms with Gasteiger partial charge in [0.25, 0.3) is 5.91 Å². The molecule has 1 heterocycles. The molecule has 0 saturated heterocycles. The van der Waals surface area contributed by atoms with Crippen molar-refractivity contribution in [2.45, 2.75) is 43.9 Å². The van der Waals surface area contributed by atoms with Gasteiger partial charge in [0.2, 0.25) is 5.66 Å². The Kier molecular flexibility index (Phi) is 4.12. The lowest BCUT2D eigenvalue weighted by Crippen LogP contribution is -2.56. The zero-order chi connectivity index (χ0) is 16.4. The lowest BCUT2D eigenvalue weighted by Gasteiger charge is -2.24. The van der Waals surface area contributed by atoms with Crippen molar-refractivity contribution in [2.24, 2.45) is 5.73 Å². The van der Waals surface area contributed by atoms with Gasteiger partial charge in [0.1, 0.15) is 6.10 Å². The minimum absolute atomic E-state index is 0.0160. The van der Waals surface area contributed by atoms with Gasteiger partial charge in [-0.15, -0.1) is 0 Å². The molecule has 7 nitrogen and oxygen atoms in total. The predicted molar refractivity (Wildman–Crippen MR) is 85.0 cm³/mol. The van der Waals surface area contributed by atoms with E-state index in [1.54, 1.807) is 18.2 Å². The molecule has 1 aliphatic heterocycles. The molecule has 3 rings (SSSR count). The van der Waals surface area contributed by atoms with E-state index in [4.69, 9.17) is 10.5 Å². The number of primary amides is 1. The molecule has 1 aliphatic carbocycles. The molecule has 1 aromatic rings. The number of nitrogens with one attached hydrogen (secondary N) is 2. The summed E-state index contributed by atoms with van der Waals surface area (Å²) in [5.41, 5.74) is 5.44. The number of benzene rings is 1. The van der Waals surface area contributed by atoms with Gasteiger partial charge in [-0.2, -0.15) is 0 Å². The van der Waals surface area contributed by atoms with Crippen LogP contribution in [-0.4, -0.2) is 35.4 Å². The Morgan fingerprint density at radius 3 is 2.57 bits per heavy atom. The summed E-state index contributed by atoms with van der Waals surface area (Å²) in [5.74, 6) is -1.09. The zero-order valence-electron chi connectivity index (χ0n) is 12.8. The maximum Gasteiger partial charge on any atom is 0.338 e. The third kappa shape index (κ3) is 2.96. The van der Waals surface area contributed by atoms with Crippen LogP contribution in [0.25, 0.3) is 0 Å². The number of nitrogens with two attached hydrogens (primary N) is 1. The van der Waals surface area contributed by atoms with Crippen molar-refractivity contribution in [3.05, 3.63) is 23.8 Å². The van der Waals surface area contributed by atoms with E-state index in [1.165, 1.54) is 6.42 Å². The van der Waals surface area contributed by atoms with Crippen molar-refractivity contribution in [1.29, 1.82) is 0 Å². The Labute approximate surface area is 134 Å². The second-order valence-electron chi connectivity index (χ2n) is 6.10. The highest BCUT2D eigenvalue weighted by atomic mass is 16.5. The molecule has 1 saturated carbocycles. The van der Waals surface area contributed by atoms with Gasteiger partial charge < -0.3 is 26.2 Å². The quantitative estimate of drug-likeness (QED) is 0.620. The summed E-state index contributed by atoms with van der Waals surface area (Å²) in [7, 11) is 0. The van der Waals surface area contributed by atoms with E-state index < -0.39 is 18.2 Å². The van der Waals surface area contributed by atoms with E-state index in [9.17, 15) is 14.7 Å². The van der Waals surface area contributed by atoms with E-state index in [2.05, 4.69) is 10.6 Å². The summed E-state index contributed by atoms with van der Waals surface area (Å²) in [6, 6.07) is 4.90. The SMILES string of the molecule is NC(=O)C1(CO)Nc2ccc(C(=O)OC3CCCCC3)cc2N1. The van der Waals surface area contributed by atoms with Crippen LogP contribution in [0.4, 0.5) is 11.4 Å². The molecule has 1 unspecified atom stereocenters. The van der Waals surface area contributed by atoms with Crippen LogP contribution in [0.15, 0.2) is 18.2 Å². The molecule has 2 aliphatic rings. The predicted octanol–water partition coefficient (Wildman–Crippen LogP) is 1.19. The van der Waals surface area contributed by atoms with Crippen molar-refractivity contribution >= 4 is 23.3 Å². The fourth-order valence-electron chi connectivity index (χ4n) is 3.06. The van der Waals surface area contributed by atoms with Gasteiger partial charge in [-0.3, -0.25) is 4.79 Å². The highest BCUT2D eigenvalue weighted by molar-refractivity contribution is 5.99. The highest BCUT2D eigenvalue weighted by Gasteiger charge is 2.41. The molecule has 0 radical (unpaired) electrons. The topological polar surface area (TPSA) is 114 Å². The third-order valence-corrected chi connectivity index (χ3v) is 4.44. The average Bonchev–Trinajstić information content (AvgIpc) is 2.95. The van der Waals surface area contributed by atoms with Gasteiger partial charge in [-0.25, -0.2) is 4.79 Å². The second-order valence-corrected chi connectivity index (χ2v) is 6.10. The molecule has 5 N–H and O–H groups in total. The number of anilines is 2. The van der Waals surface area contributed by atoms with Crippen molar-refractivity contribution in [2.75, 3.05) is 17.2 Å². The van der Waals surface area contributed by atoms with Crippen LogP contribution in [0.5, 0.6) is 0 Å². The number of hydrogen-bond acceptors (Lipinski definition) is 6. The molecule has 0 aromatic heterocycles. The number of hydrogen-bond donors (Lipinski definition) is 4. The Morgan fingerprint density at radius 2 is 1.91 bits per heavy atom. The van der Waals surface area contributed by atoms with Crippen LogP contribution in [0.1, 0.15) is 42.5 Å². The number of aliphatic hydroxyl groups is 1. The monoisotopic (exact) mass is 319 g/mol.